The molecule has 9 heteroatoms. The van der Waals surface area contributed by atoms with Crippen LogP contribution in [0.15, 0.2) is 28.2 Å². The van der Waals surface area contributed by atoms with Crippen LogP contribution in [-0.2, 0) is 6.18 Å². The first-order valence-electron chi connectivity index (χ1n) is 7.59. The summed E-state index contributed by atoms with van der Waals surface area (Å²) in [6.45, 7) is 0. The molecule has 0 bridgehead atoms. The summed E-state index contributed by atoms with van der Waals surface area (Å²) in [7, 11) is 0. The van der Waals surface area contributed by atoms with Crippen molar-refractivity contribution in [3.05, 3.63) is 28.8 Å². The van der Waals surface area contributed by atoms with Crippen molar-refractivity contribution in [3.63, 3.8) is 0 Å². The van der Waals surface area contributed by atoms with Crippen LogP contribution in [0.1, 0.15) is 37.7 Å². The lowest BCUT2D eigenvalue weighted by atomic mass is 9.87. The van der Waals surface area contributed by atoms with Gasteiger partial charge in [0.1, 0.15) is 5.66 Å². The number of hydrogen-bond acceptors (Lipinski definition) is 5. The molecule has 1 aliphatic carbocycles. The number of anilines is 1. The van der Waals surface area contributed by atoms with E-state index in [1.807, 2.05) is 0 Å². The Morgan fingerprint density at radius 1 is 1.08 bits per heavy atom. The van der Waals surface area contributed by atoms with Gasteiger partial charge in [-0.25, -0.2) is 4.99 Å². The zero-order chi connectivity index (χ0) is 17.5. The molecule has 24 heavy (non-hydrogen) atoms. The Hall–Kier alpha value is -1.96. The van der Waals surface area contributed by atoms with E-state index in [0.29, 0.717) is 12.8 Å². The maximum absolute atomic E-state index is 13.1. The van der Waals surface area contributed by atoms with Crippen molar-refractivity contribution in [2.75, 3.05) is 4.90 Å². The minimum atomic E-state index is -4.51. The van der Waals surface area contributed by atoms with Crippen LogP contribution in [0.25, 0.3) is 0 Å². The van der Waals surface area contributed by atoms with Crippen molar-refractivity contribution in [2.45, 2.75) is 43.9 Å². The van der Waals surface area contributed by atoms with Crippen LogP contribution in [-0.4, -0.2) is 17.6 Å². The van der Waals surface area contributed by atoms with Gasteiger partial charge in [-0.15, -0.1) is 0 Å². The first-order chi connectivity index (χ1) is 11.2. The Labute approximate surface area is 142 Å². The quantitative estimate of drug-likeness (QED) is 0.805. The summed E-state index contributed by atoms with van der Waals surface area (Å²) in [6, 6.07) is 3.34. The molecule has 3 rings (SSSR count). The highest BCUT2D eigenvalue weighted by molar-refractivity contribution is 6.31. The van der Waals surface area contributed by atoms with Gasteiger partial charge in [-0.1, -0.05) is 18.0 Å². The molecule has 5 nitrogen and oxygen atoms in total. The third kappa shape index (κ3) is 3.02. The molecule has 4 N–H and O–H groups in total. The first kappa shape index (κ1) is 16.9. The number of guanidine groups is 2. The van der Waals surface area contributed by atoms with Crippen molar-refractivity contribution in [3.8, 4) is 0 Å². The molecule has 1 aliphatic heterocycles. The van der Waals surface area contributed by atoms with Crippen LogP contribution in [0.3, 0.4) is 0 Å². The Kier molecular flexibility index (Phi) is 4.11. The standard InChI is InChI=1S/C15H17ClF3N5/c16-10-6-9(15(17,18)19)7-11(8-10)24-13(21)22-12(20)23-14(24)4-2-1-3-5-14/h6-8H,1-5H2,(H4,20,21,22,23). The molecular weight excluding hydrogens is 343 g/mol. The monoisotopic (exact) mass is 359 g/mol. The SMILES string of the molecule is NC1=NC2(CCCCC2)N(c2cc(Cl)cc(C(F)(F)F)c2)C(N)=N1. The maximum Gasteiger partial charge on any atom is 0.416 e. The molecule has 0 unspecified atom stereocenters. The van der Waals surface area contributed by atoms with Crippen molar-refractivity contribution < 1.29 is 13.2 Å². The van der Waals surface area contributed by atoms with Gasteiger partial charge in [-0.05, 0) is 43.9 Å². The van der Waals surface area contributed by atoms with E-state index in [1.165, 1.54) is 11.0 Å². The van der Waals surface area contributed by atoms with Crippen molar-refractivity contribution in [2.24, 2.45) is 21.5 Å². The van der Waals surface area contributed by atoms with Crippen molar-refractivity contribution in [1.29, 1.82) is 0 Å². The highest BCUT2D eigenvalue weighted by Gasteiger charge is 2.43. The summed E-state index contributed by atoms with van der Waals surface area (Å²) in [6.07, 6.45) is -0.440. The van der Waals surface area contributed by atoms with Crippen LogP contribution in [0.2, 0.25) is 5.02 Å². The van der Waals surface area contributed by atoms with E-state index in [-0.39, 0.29) is 22.6 Å². The van der Waals surface area contributed by atoms with E-state index < -0.39 is 17.4 Å². The predicted octanol–water partition coefficient (Wildman–Crippen LogP) is 3.47. The van der Waals surface area contributed by atoms with Crippen LogP contribution < -0.4 is 16.4 Å². The largest absolute Gasteiger partial charge is 0.416 e. The van der Waals surface area contributed by atoms with Crippen LogP contribution in [0, 0.1) is 0 Å². The molecule has 1 aromatic rings. The van der Waals surface area contributed by atoms with Gasteiger partial charge < -0.3 is 11.5 Å². The molecule has 1 heterocycles. The molecule has 0 amide bonds. The Bertz CT molecular complexity index is 708. The zero-order valence-corrected chi connectivity index (χ0v) is 13.5. The van der Waals surface area contributed by atoms with Crippen molar-refractivity contribution in [1.82, 2.24) is 0 Å². The van der Waals surface area contributed by atoms with Crippen molar-refractivity contribution >= 4 is 29.2 Å². The minimum Gasteiger partial charge on any atom is -0.369 e. The third-order valence-electron chi connectivity index (χ3n) is 4.32. The highest BCUT2D eigenvalue weighted by atomic mass is 35.5. The number of aliphatic imine (C=N–C) groups is 2. The molecule has 0 saturated heterocycles. The Balaban J connectivity index is 2.12. The van der Waals surface area contributed by atoms with Gasteiger partial charge in [-0.3, -0.25) is 4.90 Å². The molecule has 1 aromatic carbocycles. The molecule has 1 spiro atoms. The Morgan fingerprint density at radius 3 is 2.38 bits per heavy atom. The second-order valence-corrected chi connectivity index (χ2v) is 6.45. The van der Waals surface area contributed by atoms with Crippen LogP contribution in [0.4, 0.5) is 18.9 Å². The van der Waals surface area contributed by atoms with E-state index in [1.54, 1.807) is 0 Å². The first-order valence-corrected chi connectivity index (χ1v) is 7.97. The third-order valence-corrected chi connectivity index (χ3v) is 4.54. The van der Waals surface area contributed by atoms with E-state index in [0.717, 1.165) is 31.4 Å². The number of benzene rings is 1. The normalized spacial score (nSPS) is 20.8. The molecule has 1 fully saturated rings. The van der Waals surface area contributed by atoms with Gasteiger partial charge >= 0.3 is 6.18 Å². The molecule has 0 aromatic heterocycles. The fourth-order valence-electron chi connectivity index (χ4n) is 3.36. The predicted molar refractivity (Wildman–Crippen MR) is 88.0 cm³/mol. The molecule has 130 valence electrons. The van der Waals surface area contributed by atoms with E-state index in [9.17, 15) is 13.2 Å². The van der Waals surface area contributed by atoms with Crippen LogP contribution >= 0.6 is 11.6 Å². The summed E-state index contributed by atoms with van der Waals surface area (Å²) in [5, 5.41) is -0.0268. The average Bonchev–Trinajstić information content (AvgIpc) is 2.45. The van der Waals surface area contributed by atoms with Gasteiger partial charge in [0.25, 0.3) is 0 Å². The fraction of sp³-hybridized carbons (Fsp3) is 0.467. The molecule has 0 atom stereocenters. The lowest BCUT2D eigenvalue weighted by Gasteiger charge is -2.45. The number of rotatable bonds is 1. The molecule has 2 aliphatic rings. The lowest BCUT2D eigenvalue weighted by molar-refractivity contribution is -0.137. The van der Waals surface area contributed by atoms with Gasteiger partial charge in [0.05, 0.1) is 5.56 Å². The number of halogens is 4. The highest BCUT2D eigenvalue weighted by Crippen LogP contribution is 2.42. The topological polar surface area (TPSA) is 80.0 Å². The van der Waals surface area contributed by atoms with Gasteiger partial charge in [-0.2, -0.15) is 18.2 Å². The fourth-order valence-corrected chi connectivity index (χ4v) is 3.59. The Morgan fingerprint density at radius 2 is 1.75 bits per heavy atom. The summed E-state index contributed by atoms with van der Waals surface area (Å²) >= 11 is 5.91. The van der Waals surface area contributed by atoms with Crippen LogP contribution in [0.5, 0.6) is 0 Å². The average molecular weight is 360 g/mol. The van der Waals surface area contributed by atoms with E-state index >= 15 is 0 Å². The zero-order valence-electron chi connectivity index (χ0n) is 12.8. The van der Waals surface area contributed by atoms with E-state index in [2.05, 4.69) is 9.98 Å². The van der Waals surface area contributed by atoms with Gasteiger partial charge in [0, 0.05) is 10.7 Å². The molecule has 0 radical (unpaired) electrons. The smallest absolute Gasteiger partial charge is 0.369 e. The maximum atomic E-state index is 13.1. The number of alkyl halides is 3. The molecule has 1 saturated carbocycles. The molecular formula is C15H17ClF3N5. The second kappa shape index (κ2) is 5.84. The number of nitrogens with zero attached hydrogens (tertiary/aromatic N) is 3. The van der Waals surface area contributed by atoms with E-state index in [4.69, 9.17) is 23.1 Å². The van der Waals surface area contributed by atoms with Gasteiger partial charge in [0.15, 0.2) is 0 Å². The second-order valence-electron chi connectivity index (χ2n) is 6.01. The minimum absolute atomic E-state index is 0.0268. The summed E-state index contributed by atoms with van der Waals surface area (Å²) in [5.74, 6) is 0.0727. The summed E-state index contributed by atoms with van der Waals surface area (Å²) < 4.78 is 39.4. The number of hydrogen-bond donors (Lipinski definition) is 2. The lowest BCUT2D eigenvalue weighted by Crippen LogP contribution is -2.58. The summed E-state index contributed by atoms with van der Waals surface area (Å²) in [5.41, 5.74) is 10.3. The van der Waals surface area contributed by atoms with Gasteiger partial charge in [0.2, 0.25) is 11.9 Å². The number of nitrogens with two attached hydrogens (primary N) is 2. The summed E-state index contributed by atoms with van der Waals surface area (Å²) in [4.78, 5) is 9.90.